The number of hydrogen-bond donors (Lipinski definition) is 1. The molecule has 144 valence electrons. The molecule has 2 aliphatic rings. The van der Waals surface area contributed by atoms with Gasteiger partial charge < -0.3 is 10.1 Å². The van der Waals surface area contributed by atoms with E-state index >= 15 is 0 Å². The van der Waals surface area contributed by atoms with Crippen LogP contribution >= 0.6 is 0 Å². The van der Waals surface area contributed by atoms with E-state index in [1.165, 1.54) is 12.0 Å². The summed E-state index contributed by atoms with van der Waals surface area (Å²) in [6.07, 6.45) is 4.39. The molecule has 27 heavy (non-hydrogen) atoms. The molecule has 0 spiro atoms. The Morgan fingerprint density at radius 3 is 2.22 bits per heavy atom. The molecule has 1 aliphatic carbocycles. The van der Waals surface area contributed by atoms with Crippen molar-refractivity contribution in [2.75, 3.05) is 13.7 Å². The van der Waals surface area contributed by atoms with Crippen LogP contribution in [0.4, 0.5) is 0 Å². The number of nitrogens with one attached hydrogen (secondary N) is 1. The normalized spacial score (nSPS) is 18.2. The Morgan fingerprint density at radius 1 is 1.07 bits per heavy atom. The number of esters is 1. The number of rotatable bonds is 6. The third kappa shape index (κ3) is 3.72. The number of imide groups is 1. The number of ether oxygens (including phenoxy) is 1. The van der Waals surface area contributed by atoms with Crippen molar-refractivity contribution >= 4 is 23.7 Å². The standard InChI is InChI=1S/C20H24N2O5/c1-27-19(26)20(11-5-2-6-12-20)21-16(23)10-7-13-22-17(24)14-8-3-4-9-15(14)18(22)25/h3-4,8-9H,2,5-7,10-13H2,1H3,(H,21,23). The zero-order valence-electron chi connectivity index (χ0n) is 15.5. The van der Waals surface area contributed by atoms with Crippen LogP contribution in [0, 0.1) is 0 Å². The molecular formula is C20H24N2O5. The second-order valence-corrected chi connectivity index (χ2v) is 7.09. The van der Waals surface area contributed by atoms with Gasteiger partial charge in [0.25, 0.3) is 11.8 Å². The molecule has 3 amide bonds. The van der Waals surface area contributed by atoms with E-state index in [1.54, 1.807) is 24.3 Å². The first kappa shape index (κ1) is 19.1. The molecule has 1 N–H and O–H groups in total. The maximum atomic E-state index is 12.4. The summed E-state index contributed by atoms with van der Waals surface area (Å²) >= 11 is 0. The van der Waals surface area contributed by atoms with Crippen molar-refractivity contribution in [2.24, 2.45) is 0 Å². The summed E-state index contributed by atoms with van der Waals surface area (Å²) < 4.78 is 4.89. The van der Waals surface area contributed by atoms with Crippen molar-refractivity contribution in [1.29, 1.82) is 0 Å². The predicted molar refractivity (Wildman–Crippen MR) is 97.0 cm³/mol. The van der Waals surface area contributed by atoms with Gasteiger partial charge in [-0.3, -0.25) is 19.3 Å². The summed E-state index contributed by atoms with van der Waals surface area (Å²) in [6.45, 7) is 0.172. The van der Waals surface area contributed by atoms with Crippen LogP contribution in [0.25, 0.3) is 0 Å². The van der Waals surface area contributed by atoms with Gasteiger partial charge in [0.15, 0.2) is 0 Å². The minimum absolute atomic E-state index is 0.131. The molecule has 1 aromatic rings. The first-order valence-corrected chi connectivity index (χ1v) is 9.33. The van der Waals surface area contributed by atoms with Gasteiger partial charge in [0.05, 0.1) is 18.2 Å². The molecule has 1 aliphatic heterocycles. The van der Waals surface area contributed by atoms with Gasteiger partial charge >= 0.3 is 5.97 Å². The molecule has 0 unspecified atom stereocenters. The van der Waals surface area contributed by atoms with Gasteiger partial charge in [-0.2, -0.15) is 0 Å². The van der Waals surface area contributed by atoms with Crippen molar-refractivity contribution in [1.82, 2.24) is 10.2 Å². The van der Waals surface area contributed by atoms with Gasteiger partial charge in [0.1, 0.15) is 5.54 Å². The van der Waals surface area contributed by atoms with E-state index in [9.17, 15) is 19.2 Å². The highest BCUT2D eigenvalue weighted by atomic mass is 16.5. The second-order valence-electron chi connectivity index (χ2n) is 7.09. The topological polar surface area (TPSA) is 92.8 Å². The molecule has 1 saturated carbocycles. The number of fused-ring (bicyclic) bond motifs is 1. The first-order chi connectivity index (χ1) is 13.0. The van der Waals surface area contributed by atoms with Crippen LogP contribution in [0.3, 0.4) is 0 Å². The van der Waals surface area contributed by atoms with Crippen molar-refractivity contribution in [2.45, 2.75) is 50.5 Å². The number of hydrogen-bond acceptors (Lipinski definition) is 5. The van der Waals surface area contributed by atoms with Crippen molar-refractivity contribution < 1.29 is 23.9 Å². The number of carbonyl (C=O) groups excluding carboxylic acids is 4. The zero-order valence-corrected chi connectivity index (χ0v) is 15.5. The molecule has 0 radical (unpaired) electrons. The number of carbonyl (C=O) groups is 4. The summed E-state index contributed by atoms with van der Waals surface area (Å²) in [5.74, 6) is -1.32. The highest BCUT2D eigenvalue weighted by Gasteiger charge is 2.42. The van der Waals surface area contributed by atoms with Crippen molar-refractivity contribution in [3.8, 4) is 0 Å². The summed E-state index contributed by atoms with van der Waals surface area (Å²) in [4.78, 5) is 50.4. The Morgan fingerprint density at radius 2 is 1.67 bits per heavy atom. The van der Waals surface area contributed by atoms with Crippen molar-refractivity contribution in [3.05, 3.63) is 35.4 Å². The highest BCUT2D eigenvalue weighted by molar-refractivity contribution is 6.21. The SMILES string of the molecule is COC(=O)C1(NC(=O)CCCN2C(=O)c3ccccc3C2=O)CCCCC1. The minimum atomic E-state index is -0.945. The molecule has 0 saturated heterocycles. The fourth-order valence-electron chi connectivity index (χ4n) is 3.90. The largest absolute Gasteiger partial charge is 0.467 e. The van der Waals surface area contributed by atoms with Crippen LogP contribution in [-0.2, 0) is 14.3 Å². The maximum absolute atomic E-state index is 12.4. The van der Waals surface area contributed by atoms with Crippen molar-refractivity contribution in [3.63, 3.8) is 0 Å². The highest BCUT2D eigenvalue weighted by Crippen LogP contribution is 2.29. The lowest BCUT2D eigenvalue weighted by molar-refractivity contribution is -0.152. The summed E-state index contributed by atoms with van der Waals surface area (Å²) in [7, 11) is 1.33. The molecule has 0 bridgehead atoms. The number of nitrogens with zero attached hydrogens (tertiary/aromatic N) is 1. The second kappa shape index (κ2) is 7.90. The van der Waals surface area contributed by atoms with Crippen LogP contribution in [0.15, 0.2) is 24.3 Å². The number of amides is 3. The molecule has 7 nitrogen and oxygen atoms in total. The Hall–Kier alpha value is -2.70. The van der Waals surface area contributed by atoms with Crippen LogP contribution in [0.5, 0.6) is 0 Å². The number of methoxy groups -OCH3 is 1. The van der Waals surface area contributed by atoms with E-state index in [1.807, 2.05) is 0 Å². The Balaban J connectivity index is 1.55. The average molecular weight is 372 g/mol. The van der Waals surface area contributed by atoms with Crippen LogP contribution in [0.1, 0.15) is 65.7 Å². The fraction of sp³-hybridized carbons (Fsp3) is 0.500. The van der Waals surface area contributed by atoms with E-state index in [0.717, 1.165) is 19.3 Å². The maximum Gasteiger partial charge on any atom is 0.331 e. The average Bonchev–Trinajstić information content (AvgIpc) is 2.93. The predicted octanol–water partition coefficient (Wildman–Crippen LogP) is 2.05. The van der Waals surface area contributed by atoms with Gasteiger partial charge in [0.2, 0.25) is 5.91 Å². The molecule has 7 heteroatoms. The third-order valence-electron chi connectivity index (χ3n) is 5.33. The van der Waals surface area contributed by atoms with E-state index < -0.39 is 11.5 Å². The molecule has 0 atom stereocenters. The lowest BCUT2D eigenvalue weighted by Gasteiger charge is -2.35. The summed E-state index contributed by atoms with van der Waals surface area (Å²) in [5, 5.41) is 2.85. The monoisotopic (exact) mass is 372 g/mol. The zero-order chi connectivity index (χ0) is 19.4. The molecule has 0 aromatic heterocycles. The van der Waals surface area contributed by atoms with Crippen LogP contribution in [-0.4, -0.2) is 47.8 Å². The van der Waals surface area contributed by atoms with Gasteiger partial charge in [-0.25, -0.2) is 4.79 Å². The molecular weight excluding hydrogens is 348 g/mol. The lowest BCUT2D eigenvalue weighted by atomic mass is 9.81. The lowest BCUT2D eigenvalue weighted by Crippen LogP contribution is -2.56. The summed E-state index contributed by atoms with van der Waals surface area (Å²) in [5.41, 5.74) is -0.142. The smallest absolute Gasteiger partial charge is 0.331 e. The Kier molecular flexibility index (Phi) is 5.58. The third-order valence-corrected chi connectivity index (χ3v) is 5.33. The van der Waals surface area contributed by atoms with Crippen LogP contribution in [0.2, 0.25) is 0 Å². The Bertz CT molecular complexity index is 732. The fourth-order valence-corrected chi connectivity index (χ4v) is 3.90. The molecule has 1 fully saturated rings. The van der Waals surface area contributed by atoms with Gasteiger partial charge in [-0.1, -0.05) is 31.4 Å². The first-order valence-electron chi connectivity index (χ1n) is 9.33. The van der Waals surface area contributed by atoms with Gasteiger partial charge in [-0.15, -0.1) is 0 Å². The van der Waals surface area contributed by atoms with E-state index in [2.05, 4.69) is 5.32 Å². The number of benzene rings is 1. The molecule has 1 aromatic carbocycles. The van der Waals surface area contributed by atoms with E-state index in [0.29, 0.717) is 30.4 Å². The van der Waals surface area contributed by atoms with E-state index in [4.69, 9.17) is 4.74 Å². The van der Waals surface area contributed by atoms with Crippen LogP contribution < -0.4 is 5.32 Å². The van der Waals surface area contributed by atoms with Gasteiger partial charge in [-0.05, 0) is 31.4 Å². The Labute approximate surface area is 158 Å². The molecule has 1 heterocycles. The molecule has 3 rings (SSSR count). The van der Waals surface area contributed by atoms with E-state index in [-0.39, 0.29) is 30.7 Å². The summed E-state index contributed by atoms with van der Waals surface area (Å²) in [6, 6.07) is 6.70. The van der Waals surface area contributed by atoms with Gasteiger partial charge in [0, 0.05) is 13.0 Å². The quantitative estimate of drug-likeness (QED) is 0.609. The minimum Gasteiger partial charge on any atom is -0.467 e.